The first-order valence-electron chi connectivity index (χ1n) is 6.52. The molecule has 0 atom stereocenters. The Morgan fingerprint density at radius 3 is 1.64 bits per heavy atom. The maximum Gasteiger partial charge on any atom is 0.374 e. The third-order valence-electron chi connectivity index (χ3n) is 2.32. The molecule has 0 saturated carbocycles. The van der Waals surface area contributed by atoms with Gasteiger partial charge in [0.25, 0.3) is 0 Å². The minimum absolute atomic E-state index is 0.150. The standard InChI is InChI=1S/C14H14O6S2/c1-3-17-13(15)9-5-7-11(19-9)21-22-12-8-6-10(20-12)14(16)18-4-2/h5-8H,3-4H2,1-2H3. The number of rotatable bonds is 7. The third kappa shape index (κ3) is 4.35. The predicted molar refractivity (Wildman–Crippen MR) is 81.0 cm³/mol. The topological polar surface area (TPSA) is 78.9 Å². The average Bonchev–Trinajstić information content (AvgIpc) is 3.15. The second-order valence-corrected chi connectivity index (χ2v) is 5.98. The van der Waals surface area contributed by atoms with E-state index in [-0.39, 0.29) is 11.5 Å². The summed E-state index contributed by atoms with van der Waals surface area (Å²) in [5, 5.41) is 1.06. The van der Waals surface area contributed by atoms with Gasteiger partial charge in [0.2, 0.25) is 11.5 Å². The van der Waals surface area contributed by atoms with Crippen molar-refractivity contribution in [1.82, 2.24) is 0 Å². The highest BCUT2D eigenvalue weighted by atomic mass is 33.1. The van der Waals surface area contributed by atoms with E-state index in [4.69, 9.17) is 18.3 Å². The van der Waals surface area contributed by atoms with Crippen LogP contribution in [0.15, 0.2) is 43.3 Å². The van der Waals surface area contributed by atoms with Crippen LogP contribution in [-0.4, -0.2) is 25.2 Å². The molecule has 0 fully saturated rings. The first kappa shape index (κ1) is 16.6. The molecule has 2 aromatic rings. The van der Waals surface area contributed by atoms with E-state index < -0.39 is 11.9 Å². The number of ether oxygens (including phenoxy) is 2. The molecule has 0 radical (unpaired) electrons. The zero-order valence-corrected chi connectivity index (χ0v) is 13.6. The Balaban J connectivity index is 1.90. The van der Waals surface area contributed by atoms with Crippen LogP contribution >= 0.6 is 21.6 Å². The molecule has 0 saturated heterocycles. The Bertz CT molecular complexity index is 589. The molecule has 2 rings (SSSR count). The summed E-state index contributed by atoms with van der Waals surface area (Å²) in [6.45, 7) is 4.04. The fourth-order valence-corrected chi connectivity index (χ4v) is 3.13. The van der Waals surface area contributed by atoms with E-state index in [1.807, 2.05) is 0 Å². The highest BCUT2D eigenvalue weighted by molar-refractivity contribution is 8.76. The maximum absolute atomic E-state index is 11.5. The molecule has 2 heterocycles. The van der Waals surface area contributed by atoms with Crippen molar-refractivity contribution in [3.05, 3.63) is 35.8 Å². The van der Waals surface area contributed by atoms with Crippen LogP contribution in [-0.2, 0) is 9.47 Å². The summed E-state index contributed by atoms with van der Waals surface area (Å²) < 4.78 is 20.4. The summed E-state index contributed by atoms with van der Waals surface area (Å²) in [6, 6.07) is 6.43. The Hall–Kier alpha value is -1.80. The summed E-state index contributed by atoms with van der Waals surface area (Å²) in [4.78, 5) is 22.9. The van der Waals surface area contributed by atoms with Gasteiger partial charge >= 0.3 is 11.9 Å². The molecule has 118 valence electrons. The second kappa shape index (κ2) is 8.00. The van der Waals surface area contributed by atoms with Gasteiger partial charge in [-0.05, 0) is 59.7 Å². The highest BCUT2D eigenvalue weighted by Crippen LogP contribution is 2.39. The average molecular weight is 342 g/mol. The van der Waals surface area contributed by atoms with Gasteiger partial charge in [-0.2, -0.15) is 0 Å². The molecular formula is C14H14O6S2. The zero-order chi connectivity index (χ0) is 15.9. The van der Waals surface area contributed by atoms with Gasteiger partial charge in [0.15, 0.2) is 10.2 Å². The molecule has 8 heteroatoms. The van der Waals surface area contributed by atoms with Gasteiger partial charge in [-0.3, -0.25) is 0 Å². The van der Waals surface area contributed by atoms with Crippen LogP contribution in [0.2, 0.25) is 0 Å². The fourth-order valence-electron chi connectivity index (χ4n) is 1.44. The number of hydrogen-bond donors (Lipinski definition) is 0. The summed E-state index contributed by atoms with van der Waals surface area (Å²) in [5.74, 6) is -0.697. The lowest BCUT2D eigenvalue weighted by Crippen LogP contribution is -2.02. The first-order valence-corrected chi connectivity index (χ1v) is 8.67. The van der Waals surface area contributed by atoms with E-state index in [1.165, 1.54) is 21.6 Å². The SMILES string of the molecule is CCOC(=O)c1ccc(SSc2ccc(C(=O)OCC)o2)o1. The van der Waals surface area contributed by atoms with Crippen LogP contribution in [0.25, 0.3) is 0 Å². The summed E-state index contributed by atoms with van der Waals surface area (Å²) in [7, 11) is 2.53. The van der Waals surface area contributed by atoms with Crippen molar-refractivity contribution in [3.63, 3.8) is 0 Å². The van der Waals surface area contributed by atoms with Gasteiger partial charge in [0, 0.05) is 0 Å². The van der Waals surface area contributed by atoms with Crippen molar-refractivity contribution >= 4 is 33.5 Å². The van der Waals surface area contributed by atoms with Gasteiger partial charge in [-0.25, -0.2) is 9.59 Å². The van der Waals surface area contributed by atoms with E-state index in [0.29, 0.717) is 23.4 Å². The third-order valence-corrected chi connectivity index (χ3v) is 4.41. The van der Waals surface area contributed by atoms with Crippen LogP contribution in [0.3, 0.4) is 0 Å². The van der Waals surface area contributed by atoms with E-state index in [0.717, 1.165) is 0 Å². The lowest BCUT2D eigenvalue weighted by Gasteiger charge is -1.98. The maximum atomic E-state index is 11.5. The van der Waals surface area contributed by atoms with Gasteiger partial charge in [-0.15, -0.1) is 0 Å². The smallest absolute Gasteiger partial charge is 0.374 e. The molecule has 6 nitrogen and oxygen atoms in total. The number of carbonyl (C=O) groups excluding carboxylic acids is 2. The highest BCUT2D eigenvalue weighted by Gasteiger charge is 2.15. The van der Waals surface area contributed by atoms with Crippen molar-refractivity contribution < 1.29 is 27.9 Å². The largest absolute Gasteiger partial charge is 0.460 e. The Morgan fingerprint density at radius 2 is 1.27 bits per heavy atom. The molecule has 2 aromatic heterocycles. The predicted octanol–water partition coefficient (Wildman–Crippen LogP) is 4.03. The van der Waals surface area contributed by atoms with Gasteiger partial charge in [0.1, 0.15) is 0 Å². The van der Waals surface area contributed by atoms with Crippen molar-refractivity contribution in [2.45, 2.75) is 24.0 Å². The van der Waals surface area contributed by atoms with Crippen LogP contribution in [0.1, 0.15) is 35.0 Å². The molecule has 0 aromatic carbocycles. The van der Waals surface area contributed by atoms with Crippen molar-refractivity contribution in [2.75, 3.05) is 13.2 Å². The lowest BCUT2D eigenvalue weighted by atomic mass is 10.5. The monoisotopic (exact) mass is 342 g/mol. The van der Waals surface area contributed by atoms with Crippen molar-refractivity contribution in [3.8, 4) is 0 Å². The van der Waals surface area contributed by atoms with Gasteiger partial charge < -0.3 is 18.3 Å². The van der Waals surface area contributed by atoms with Crippen LogP contribution in [0, 0.1) is 0 Å². The molecule has 0 amide bonds. The van der Waals surface area contributed by atoms with Gasteiger partial charge in [-0.1, -0.05) is 0 Å². The molecule has 0 N–H and O–H groups in total. The molecule has 0 spiro atoms. The molecular weight excluding hydrogens is 328 g/mol. The van der Waals surface area contributed by atoms with E-state index >= 15 is 0 Å². The molecule has 0 aliphatic heterocycles. The number of esters is 2. The van der Waals surface area contributed by atoms with Crippen LogP contribution < -0.4 is 0 Å². The second-order valence-electron chi connectivity index (χ2n) is 3.84. The molecule has 0 aliphatic rings. The van der Waals surface area contributed by atoms with Crippen molar-refractivity contribution in [2.24, 2.45) is 0 Å². The Morgan fingerprint density at radius 1 is 0.864 bits per heavy atom. The zero-order valence-electron chi connectivity index (χ0n) is 12.0. The molecule has 0 unspecified atom stereocenters. The first-order chi connectivity index (χ1) is 10.6. The fraction of sp³-hybridized carbons (Fsp3) is 0.286. The normalized spacial score (nSPS) is 10.5. The number of hydrogen-bond acceptors (Lipinski definition) is 8. The number of furan rings is 2. The van der Waals surface area contributed by atoms with E-state index in [2.05, 4.69) is 0 Å². The summed E-state index contributed by atoms with van der Waals surface area (Å²) in [6.07, 6.45) is 0. The van der Waals surface area contributed by atoms with Crippen LogP contribution in [0.5, 0.6) is 0 Å². The minimum Gasteiger partial charge on any atom is -0.460 e. The molecule has 22 heavy (non-hydrogen) atoms. The van der Waals surface area contributed by atoms with Gasteiger partial charge in [0.05, 0.1) is 13.2 Å². The quantitative estimate of drug-likeness (QED) is 0.551. The summed E-state index contributed by atoms with van der Waals surface area (Å²) in [5.41, 5.74) is 0. The number of carbonyl (C=O) groups is 2. The Kier molecular flexibility index (Phi) is 6.02. The van der Waals surface area contributed by atoms with E-state index in [9.17, 15) is 9.59 Å². The Labute approximate surface area is 134 Å². The van der Waals surface area contributed by atoms with E-state index in [1.54, 1.807) is 38.1 Å². The summed E-state index contributed by atoms with van der Waals surface area (Å²) >= 11 is 0. The molecule has 0 aliphatic carbocycles. The van der Waals surface area contributed by atoms with Crippen molar-refractivity contribution in [1.29, 1.82) is 0 Å². The van der Waals surface area contributed by atoms with Crippen LogP contribution in [0.4, 0.5) is 0 Å². The minimum atomic E-state index is -0.498. The lowest BCUT2D eigenvalue weighted by molar-refractivity contribution is 0.0475. The molecule has 0 bridgehead atoms.